The van der Waals surface area contributed by atoms with Gasteiger partial charge >= 0.3 is 0 Å². The monoisotopic (exact) mass is 306 g/mol. The van der Waals surface area contributed by atoms with E-state index in [2.05, 4.69) is 19.7 Å². The maximum Gasteiger partial charge on any atom is 0.123 e. The third-order valence-corrected chi connectivity index (χ3v) is 3.75. The van der Waals surface area contributed by atoms with Crippen LogP contribution in [0.25, 0.3) is 11.1 Å². The zero-order valence-electron chi connectivity index (χ0n) is 13.3. The van der Waals surface area contributed by atoms with Crippen molar-refractivity contribution in [1.29, 1.82) is 0 Å². The minimum Gasteiger partial charge on any atom is -0.507 e. The lowest BCUT2D eigenvalue weighted by Crippen LogP contribution is -1.93. The Bertz CT molecular complexity index is 710. The van der Waals surface area contributed by atoms with Crippen molar-refractivity contribution in [3.63, 3.8) is 0 Å². The summed E-state index contributed by atoms with van der Waals surface area (Å²) in [5, 5.41) is 20.6. The van der Waals surface area contributed by atoms with Crippen LogP contribution in [-0.2, 0) is 19.3 Å². The van der Waals surface area contributed by atoms with Crippen LogP contribution in [0.1, 0.15) is 16.7 Å². The molecule has 0 aliphatic carbocycles. The predicted molar refractivity (Wildman–Crippen MR) is 96.9 cm³/mol. The molecule has 0 saturated heterocycles. The molecule has 2 aromatic carbocycles. The average Bonchev–Trinajstić information content (AvgIpc) is 2.53. The summed E-state index contributed by atoms with van der Waals surface area (Å²) < 4.78 is 0. The summed E-state index contributed by atoms with van der Waals surface area (Å²) in [6.07, 6.45) is 7.21. The molecule has 0 aromatic heterocycles. The van der Waals surface area contributed by atoms with Crippen molar-refractivity contribution in [2.45, 2.75) is 19.3 Å². The highest BCUT2D eigenvalue weighted by atomic mass is 16.3. The number of phenolic OH excluding ortho intramolecular Hbond substituents is 2. The van der Waals surface area contributed by atoms with Gasteiger partial charge in [-0.25, -0.2) is 0 Å². The van der Waals surface area contributed by atoms with E-state index in [-0.39, 0.29) is 11.5 Å². The second-order valence-corrected chi connectivity index (χ2v) is 5.47. The Morgan fingerprint density at radius 3 is 1.87 bits per heavy atom. The van der Waals surface area contributed by atoms with Crippen LogP contribution in [0, 0.1) is 0 Å². The minimum atomic E-state index is 0.220. The minimum absolute atomic E-state index is 0.220. The third kappa shape index (κ3) is 3.72. The van der Waals surface area contributed by atoms with Gasteiger partial charge < -0.3 is 10.2 Å². The number of aromatic hydroxyl groups is 2. The van der Waals surface area contributed by atoms with E-state index in [4.69, 9.17) is 0 Å². The van der Waals surface area contributed by atoms with Gasteiger partial charge in [0.25, 0.3) is 0 Å². The summed E-state index contributed by atoms with van der Waals surface area (Å²) in [6, 6.07) is 9.34. The van der Waals surface area contributed by atoms with E-state index in [1.54, 1.807) is 18.2 Å². The molecule has 0 bridgehead atoms. The first-order valence-electron chi connectivity index (χ1n) is 7.60. The van der Waals surface area contributed by atoms with Crippen molar-refractivity contribution in [2.24, 2.45) is 0 Å². The Hall–Kier alpha value is -2.74. The number of phenols is 2. The first-order valence-corrected chi connectivity index (χ1v) is 7.60. The smallest absolute Gasteiger partial charge is 0.123 e. The van der Waals surface area contributed by atoms with Gasteiger partial charge in [-0.2, -0.15) is 0 Å². The molecule has 0 heterocycles. The molecule has 118 valence electrons. The molecule has 23 heavy (non-hydrogen) atoms. The summed E-state index contributed by atoms with van der Waals surface area (Å²) >= 11 is 0. The van der Waals surface area contributed by atoms with Crippen molar-refractivity contribution in [3.8, 4) is 22.6 Å². The summed E-state index contributed by atoms with van der Waals surface area (Å²) in [5.74, 6) is 0.493. The number of rotatable bonds is 7. The van der Waals surface area contributed by atoms with Crippen LogP contribution in [-0.4, -0.2) is 10.2 Å². The van der Waals surface area contributed by atoms with Crippen molar-refractivity contribution in [1.82, 2.24) is 0 Å². The van der Waals surface area contributed by atoms with E-state index in [1.807, 2.05) is 30.3 Å². The summed E-state index contributed by atoms with van der Waals surface area (Å²) in [4.78, 5) is 0. The van der Waals surface area contributed by atoms with Crippen LogP contribution in [0.15, 0.2) is 68.3 Å². The Kier molecular flexibility index (Phi) is 5.42. The lowest BCUT2D eigenvalue weighted by atomic mass is 9.94. The van der Waals surface area contributed by atoms with Crippen LogP contribution in [0.4, 0.5) is 0 Å². The molecule has 0 unspecified atom stereocenters. The maximum absolute atomic E-state index is 10.4. The van der Waals surface area contributed by atoms with E-state index in [0.717, 1.165) is 34.2 Å². The third-order valence-electron chi connectivity index (χ3n) is 3.75. The summed E-state index contributed by atoms with van der Waals surface area (Å²) in [5.41, 5.74) is 4.29. The van der Waals surface area contributed by atoms with Gasteiger partial charge in [-0.15, -0.1) is 19.7 Å². The highest BCUT2D eigenvalue weighted by Crippen LogP contribution is 2.36. The van der Waals surface area contributed by atoms with Gasteiger partial charge in [-0.1, -0.05) is 24.3 Å². The summed E-state index contributed by atoms with van der Waals surface area (Å²) in [6.45, 7) is 11.2. The van der Waals surface area contributed by atoms with E-state index < -0.39 is 0 Å². The van der Waals surface area contributed by atoms with E-state index in [0.29, 0.717) is 12.8 Å². The lowest BCUT2D eigenvalue weighted by Gasteiger charge is -2.13. The topological polar surface area (TPSA) is 40.5 Å². The molecule has 0 saturated carbocycles. The molecule has 0 amide bonds. The Morgan fingerprint density at radius 1 is 0.783 bits per heavy atom. The molecule has 2 heteroatoms. The zero-order valence-corrected chi connectivity index (χ0v) is 13.3. The SMILES string of the molecule is C=CCc1ccc(O)c(-c2cc(CC=C)c(O)c(CC=C)c2)c1. The van der Waals surface area contributed by atoms with Crippen molar-refractivity contribution >= 4 is 0 Å². The predicted octanol–water partition coefficient (Wildman–Crippen LogP) is 4.95. The maximum atomic E-state index is 10.4. The second kappa shape index (κ2) is 7.50. The van der Waals surface area contributed by atoms with Gasteiger partial charge in [-0.05, 0) is 65.8 Å². The molecule has 0 atom stereocenters. The number of hydrogen-bond acceptors (Lipinski definition) is 2. The van der Waals surface area contributed by atoms with E-state index in [1.165, 1.54) is 0 Å². The second-order valence-electron chi connectivity index (χ2n) is 5.47. The Labute approximate surface area is 137 Å². The molecule has 0 radical (unpaired) electrons. The van der Waals surface area contributed by atoms with E-state index in [9.17, 15) is 10.2 Å². The molecule has 2 aromatic rings. The first-order chi connectivity index (χ1) is 11.1. The number of benzene rings is 2. The normalized spacial score (nSPS) is 10.3. The first kappa shape index (κ1) is 16.6. The highest BCUT2D eigenvalue weighted by molar-refractivity contribution is 5.73. The van der Waals surface area contributed by atoms with Crippen molar-refractivity contribution in [3.05, 3.63) is 85.0 Å². The van der Waals surface area contributed by atoms with Crippen LogP contribution in [0.3, 0.4) is 0 Å². The van der Waals surface area contributed by atoms with E-state index >= 15 is 0 Å². The van der Waals surface area contributed by atoms with Crippen LogP contribution in [0.5, 0.6) is 11.5 Å². The van der Waals surface area contributed by atoms with Crippen LogP contribution < -0.4 is 0 Å². The zero-order chi connectivity index (χ0) is 16.8. The largest absolute Gasteiger partial charge is 0.507 e. The van der Waals surface area contributed by atoms with Crippen LogP contribution >= 0.6 is 0 Å². The van der Waals surface area contributed by atoms with Gasteiger partial charge in [0.05, 0.1) is 0 Å². The van der Waals surface area contributed by atoms with Crippen LogP contribution in [0.2, 0.25) is 0 Å². The molecule has 0 spiro atoms. The molecule has 0 fully saturated rings. The Balaban J connectivity index is 2.62. The molecule has 2 N–H and O–H groups in total. The van der Waals surface area contributed by atoms with Gasteiger partial charge in [0, 0.05) is 5.56 Å². The quantitative estimate of drug-likeness (QED) is 0.710. The van der Waals surface area contributed by atoms with Gasteiger partial charge in [-0.3, -0.25) is 0 Å². The standard InChI is InChI=1S/C21H22O2/c1-4-7-15-10-11-20(22)19(12-15)18-13-16(8-5-2)21(23)17(14-18)9-6-3/h4-6,10-14,22-23H,1-3,7-9H2. The van der Waals surface area contributed by atoms with Gasteiger partial charge in [0.2, 0.25) is 0 Å². The van der Waals surface area contributed by atoms with Gasteiger partial charge in [0.15, 0.2) is 0 Å². The average molecular weight is 306 g/mol. The lowest BCUT2D eigenvalue weighted by molar-refractivity contribution is 0.464. The van der Waals surface area contributed by atoms with Crippen molar-refractivity contribution < 1.29 is 10.2 Å². The number of hydrogen-bond donors (Lipinski definition) is 2. The fraction of sp³-hybridized carbons (Fsp3) is 0.143. The molecular weight excluding hydrogens is 284 g/mol. The van der Waals surface area contributed by atoms with Gasteiger partial charge in [0.1, 0.15) is 11.5 Å². The summed E-state index contributed by atoms with van der Waals surface area (Å²) in [7, 11) is 0. The Morgan fingerprint density at radius 2 is 1.35 bits per heavy atom. The molecule has 2 nitrogen and oxygen atoms in total. The fourth-order valence-electron chi connectivity index (χ4n) is 2.65. The van der Waals surface area contributed by atoms with Crippen molar-refractivity contribution in [2.75, 3.05) is 0 Å². The molecular formula is C21H22O2. The number of allylic oxidation sites excluding steroid dienone is 3. The molecule has 0 aliphatic heterocycles. The fourth-order valence-corrected chi connectivity index (χ4v) is 2.65. The highest BCUT2D eigenvalue weighted by Gasteiger charge is 2.12. The molecule has 0 aliphatic rings. The molecule has 2 rings (SSSR count).